The number of amides is 1. The minimum Gasteiger partial charge on any atom is -0.353 e. The van der Waals surface area contributed by atoms with E-state index in [4.69, 9.17) is 0 Å². The van der Waals surface area contributed by atoms with Crippen LogP contribution in [0.15, 0.2) is 0 Å². The summed E-state index contributed by atoms with van der Waals surface area (Å²) in [5.74, 6) is 0.521. The van der Waals surface area contributed by atoms with Gasteiger partial charge in [0.25, 0.3) is 10.2 Å². The lowest BCUT2D eigenvalue weighted by Crippen LogP contribution is -2.60. The summed E-state index contributed by atoms with van der Waals surface area (Å²) in [6, 6.07) is -0.619. The van der Waals surface area contributed by atoms with E-state index in [1.807, 2.05) is 0 Å². The maximum atomic E-state index is 12.7. The first-order valence-corrected chi connectivity index (χ1v) is 8.26. The Hall–Kier alpha value is -0.660. The highest BCUT2D eigenvalue weighted by molar-refractivity contribution is 7.86. The van der Waals surface area contributed by atoms with Gasteiger partial charge >= 0.3 is 0 Å². The Balaban J connectivity index is 2.19. The Bertz CT molecular complexity index is 441. The highest BCUT2D eigenvalue weighted by Crippen LogP contribution is 2.25. The Kier molecular flexibility index (Phi) is 4.17. The number of rotatable bonds is 2. The van der Waals surface area contributed by atoms with Crippen LogP contribution >= 0.6 is 0 Å². The number of carbonyl (C=O) groups excluding carboxylic acids is 1. The van der Waals surface area contributed by atoms with Gasteiger partial charge in [0.1, 0.15) is 6.04 Å². The van der Waals surface area contributed by atoms with E-state index in [9.17, 15) is 13.2 Å². The van der Waals surface area contributed by atoms with Gasteiger partial charge in [-0.05, 0) is 25.2 Å². The van der Waals surface area contributed by atoms with E-state index < -0.39 is 16.3 Å². The van der Waals surface area contributed by atoms with Crippen LogP contribution in [0.1, 0.15) is 27.2 Å². The molecule has 7 heteroatoms. The van der Waals surface area contributed by atoms with Crippen molar-refractivity contribution in [1.29, 1.82) is 0 Å². The van der Waals surface area contributed by atoms with Crippen molar-refractivity contribution < 1.29 is 13.2 Å². The molecule has 0 spiro atoms. The van der Waals surface area contributed by atoms with Gasteiger partial charge in [-0.2, -0.15) is 17.0 Å². The largest absolute Gasteiger partial charge is 0.353 e. The number of piperazine rings is 1. The van der Waals surface area contributed by atoms with Crippen molar-refractivity contribution in [2.75, 3.05) is 26.2 Å². The summed E-state index contributed by atoms with van der Waals surface area (Å²) in [6.07, 6.45) is 1.06. The molecule has 110 valence electrons. The van der Waals surface area contributed by atoms with E-state index >= 15 is 0 Å². The molecule has 0 saturated carbocycles. The van der Waals surface area contributed by atoms with Crippen LogP contribution in [-0.2, 0) is 15.0 Å². The minimum atomic E-state index is -3.53. The van der Waals surface area contributed by atoms with Crippen LogP contribution in [0.5, 0.6) is 0 Å². The molecule has 0 aromatic carbocycles. The maximum Gasteiger partial charge on any atom is 0.282 e. The standard InChI is InChI=1S/C12H23N3O3S/c1-9-6-10(2)8-14(7-9)19(17,18)15-5-4-13-12(16)11(15)3/h9-11H,4-8H2,1-3H3,(H,13,16). The average Bonchev–Trinajstić information content (AvgIpc) is 2.31. The molecule has 3 atom stereocenters. The second kappa shape index (κ2) is 5.38. The zero-order valence-corrected chi connectivity index (χ0v) is 12.6. The van der Waals surface area contributed by atoms with Crippen LogP contribution in [0.4, 0.5) is 0 Å². The van der Waals surface area contributed by atoms with Gasteiger partial charge in [0.05, 0.1) is 0 Å². The Morgan fingerprint density at radius 1 is 1.16 bits per heavy atom. The third-order valence-corrected chi connectivity index (χ3v) is 5.94. The van der Waals surface area contributed by atoms with Crippen LogP contribution in [0.2, 0.25) is 0 Å². The Morgan fingerprint density at radius 2 is 1.74 bits per heavy atom. The summed E-state index contributed by atoms with van der Waals surface area (Å²) >= 11 is 0. The second-order valence-corrected chi connectivity index (χ2v) is 7.73. The number of nitrogens with zero attached hydrogens (tertiary/aromatic N) is 2. The monoisotopic (exact) mass is 289 g/mol. The molecule has 1 amide bonds. The molecule has 0 radical (unpaired) electrons. The number of hydrogen-bond donors (Lipinski definition) is 1. The predicted octanol–water partition coefficient (Wildman–Crippen LogP) is 0.0294. The zero-order valence-electron chi connectivity index (χ0n) is 11.8. The predicted molar refractivity (Wildman–Crippen MR) is 72.6 cm³/mol. The fourth-order valence-electron chi connectivity index (χ4n) is 3.02. The lowest BCUT2D eigenvalue weighted by atomic mass is 9.94. The van der Waals surface area contributed by atoms with E-state index in [0.29, 0.717) is 38.0 Å². The summed E-state index contributed by atoms with van der Waals surface area (Å²) in [5, 5.41) is 2.69. The molecule has 3 unspecified atom stereocenters. The van der Waals surface area contributed by atoms with Crippen LogP contribution in [-0.4, -0.2) is 55.2 Å². The molecule has 2 fully saturated rings. The van der Waals surface area contributed by atoms with Crippen molar-refractivity contribution in [3.8, 4) is 0 Å². The Morgan fingerprint density at radius 3 is 2.32 bits per heavy atom. The molecule has 2 rings (SSSR count). The molecule has 0 aromatic heterocycles. The van der Waals surface area contributed by atoms with Gasteiger partial charge in [-0.1, -0.05) is 13.8 Å². The van der Waals surface area contributed by atoms with Gasteiger partial charge in [0.15, 0.2) is 0 Å². The number of hydrogen-bond acceptors (Lipinski definition) is 3. The number of piperidine rings is 1. The summed E-state index contributed by atoms with van der Waals surface area (Å²) in [7, 11) is -3.53. The van der Waals surface area contributed by atoms with E-state index in [0.717, 1.165) is 6.42 Å². The highest BCUT2D eigenvalue weighted by atomic mass is 32.2. The van der Waals surface area contributed by atoms with E-state index in [-0.39, 0.29) is 5.91 Å². The summed E-state index contributed by atoms with van der Waals surface area (Å²) in [4.78, 5) is 11.6. The van der Waals surface area contributed by atoms with Crippen molar-refractivity contribution in [3.63, 3.8) is 0 Å². The van der Waals surface area contributed by atoms with Crippen molar-refractivity contribution in [2.24, 2.45) is 11.8 Å². The molecular weight excluding hydrogens is 266 g/mol. The number of nitrogens with one attached hydrogen (secondary N) is 1. The molecule has 2 aliphatic rings. The smallest absolute Gasteiger partial charge is 0.282 e. The van der Waals surface area contributed by atoms with Gasteiger partial charge in [-0.15, -0.1) is 0 Å². The maximum absolute atomic E-state index is 12.7. The second-order valence-electron chi connectivity index (χ2n) is 5.85. The first-order valence-electron chi connectivity index (χ1n) is 6.87. The van der Waals surface area contributed by atoms with Crippen molar-refractivity contribution in [3.05, 3.63) is 0 Å². The van der Waals surface area contributed by atoms with E-state index in [1.54, 1.807) is 11.2 Å². The minimum absolute atomic E-state index is 0.215. The highest BCUT2D eigenvalue weighted by Gasteiger charge is 2.40. The van der Waals surface area contributed by atoms with Crippen molar-refractivity contribution >= 4 is 16.1 Å². The molecule has 0 aliphatic carbocycles. The molecule has 6 nitrogen and oxygen atoms in total. The van der Waals surface area contributed by atoms with Gasteiger partial charge in [0.2, 0.25) is 5.91 Å². The SMILES string of the molecule is CC1CC(C)CN(S(=O)(=O)N2CCNC(=O)C2C)C1. The molecular formula is C12H23N3O3S. The van der Waals surface area contributed by atoms with Gasteiger partial charge in [-0.3, -0.25) is 4.79 Å². The number of carbonyl (C=O) groups is 1. The van der Waals surface area contributed by atoms with Crippen molar-refractivity contribution in [1.82, 2.24) is 13.9 Å². The fraction of sp³-hybridized carbons (Fsp3) is 0.917. The molecule has 2 saturated heterocycles. The van der Waals surface area contributed by atoms with Gasteiger partial charge in [-0.25, -0.2) is 0 Å². The van der Waals surface area contributed by atoms with E-state index in [2.05, 4.69) is 19.2 Å². The molecule has 19 heavy (non-hydrogen) atoms. The van der Waals surface area contributed by atoms with Gasteiger partial charge < -0.3 is 5.32 Å². The molecule has 2 heterocycles. The quantitative estimate of drug-likeness (QED) is 0.780. The summed E-state index contributed by atoms with van der Waals surface area (Å²) in [6.45, 7) is 7.64. The zero-order chi connectivity index (χ0) is 14.2. The van der Waals surface area contributed by atoms with Crippen LogP contribution < -0.4 is 5.32 Å². The molecule has 0 aromatic rings. The molecule has 2 aliphatic heterocycles. The third-order valence-electron chi connectivity index (χ3n) is 3.90. The first kappa shape index (κ1) is 14.7. The van der Waals surface area contributed by atoms with Crippen LogP contribution in [0.25, 0.3) is 0 Å². The topological polar surface area (TPSA) is 69.7 Å². The van der Waals surface area contributed by atoms with Crippen molar-refractivity contribution in [2.45, 2.75) is 33.2 Å². The third kappa shape index (κ3) is 2.93. The first-order chi connectivity index (χ1) is 8.82. The normalized spacial score (nSPS) is 35.1. The lowest BCUT2D eigenvalue weighted by molar-refractivity contribution is -0.126. The van der Waals surface area contributed by atoms with Gasteiger partial charge in [0, 0.05) is 26.2 Å². The van der Waals surface area contributed by atoms with Crippen LogP contribution in [0, 0.1) is 11.8 Å². The molecule has 1 N–H and O–H groups in total. The Labute approximate surface area is 115 Å². The average molecular weight is 289 g/mol. The lowest BCUT2D eigenvalue weighted by Gasteiger charge is -2.40. The van der Waals surface area contributed by atoms with E-state index in [1.165, 1.54) is 4.31 Å². The summed E-state index contributed by atoms with van der Waals surface area (Å²) in [5.41, 5.74) is 0. The molecule has 0 bridgehead atoms. The fourth-order valence-corrected chi connectivity index (χ4v) is 5.02. The summed E-state index contributed by atoms with van der Waals surface area (Å²) < 4.78 is 28.2. The van der Waals surface area contributed by atoms with Crippen LogP contribution in [0.3, 0.4) is 0 Å².